The maximum atomic E-state index is 13.1. The van der Waals surface area contributed by atoms with Crippen LogP contribution in [0.15, 0.2) is 48.5 Å². The van der Waals surface area contributed by atoms with E-state index in [0.29, 0.717) is 12.0 Å². The molecule has 108 valence electrons. The van der Waals surface area contributed by atoms with Crippen molar-refractivity contribution >= 4 is 24.0 Å². The number of aliphatic hydroxyl groups is 1. The monoisotopic (exact) mass is 315 g/mol. The quantitative estimate of drug-likeness (QED) is 0.907. The first-order chi connectivity index (χ1) is 9.08. The molecule has 2 nitrogen and oxygen atoms in total. The molecule has 0 bridgehead atoms. The van der Waals surface area contributed by atoms with E-state index in [1.165, 1.54) is 12.1 Å². The summed E-state index contributed by atoms with van der Waals surface area (Å²) in [6.07, 6.45) is -0.305. The van der Waals surface area contributed by atoms with Gasteiger partial charge in [0.15, 0.2) is 0 Å². The average Bonchev–Trinajstić information content (AvgIpc) is 2.42. The molecule has 0 saturated carbocycles. The fraction of sp³-hybridized carbons (Fsp3) is 0.200. The summed E-state index contributed by atoms with van der Waals surface area (Å²) in [7, 11) is 0. The van der Waals surface area contributed by atoms with Crippen molar-refractivity contribution in [2.24, 2.45) is 5.73 Å². The number of nitrogens with two attached hydrogens (primary N) is 1. The number of rotatable bonds is 4. The molecule has 2 aromatic rings. The molecule has 0 saturated heterocycles. The molecule has 2 atom stereocenters. The van der Waals surface area contributed by atoms with Gasteiger partial charge in [-0.05, 0) is 23.3 Å². The molecule has 20 heavy (non-hydrogen) atoms. The Morgan fingerprint density at radius 2 is 1.80 bits per heavy atom. The van der Waals surface area contributed by atoms with Crippen molar-refractivity contribution in [1.29, 1.82) is 0 Å². The number of hydrogen-bond donors (Lipinski definition) is 2. The minimum atomic E-state index is -0.746. The Balaban J connectivity index is 0.00000200. The van der Waals surface area contributed by atoms with E-state index in [1.54, 1.807) is 6.07 Å². The van der Waals surface area contributed by atoms with E-state index in [1.807, 2.05) is 30.3 Å². The van der Waals surface area contributed by atoms with Crippen LogP contribution in [0.2, 0.25) is 5.02 Å². The van der Waals surface area contributed by atoms with Crippen molar-refractivity contribution in [1.82, 2.24) is 0 Å². The molecule has 0 amide bonds. The lowest BCUT2D eigenvalue weighted by Crippen LogP contribution is -2.28. The van der Waals surface area contributed by atoms with Crippen molar-refractivity contribution in [2.75, 3.05) is 0 Å². The zero-order chi connectivity index (χ0) is 13.8. The van der Waals surface area contributed by atoms with Gasteiger partial charge in [0.2, 0.25) is 0 Å². The second-order valence-electron chi connectivity index (χ2n) is 4.46. The molecule has 0 radical (unpaired) electrons. The normalized spacial score (nSPS) is 13.4. The fourth-order valence-corrected chi connectivity index (χ4v) is 2.11. The summed E-state index contributed by atoms with van der Waals surface area (Å²) in [6, 6.07) is 13.2. The highest BCUT2D eigenvalue weighted by Crippen LogP contribution is 2.23. The van der Waals surface area contributed by atoms with Gasteiger partial charge in [-0.1, -0.05) is 48.0 Å². The first-order valence-corrected chi connectivity index (χ1v) is 6.38. The highest BCUT2D eigenvalue weighted by Gasteiger charge is 2.18. The van der Waals surface area contributed by atoms with Crippen molar-refractivity contribution in [3.8, 4) is 0 Å². The van der Waals surface area contributed by atoms with Gasteiger partial charge in [-0.15, -0.1) is 12.4 Å². The molecule has 5 heteroatoms. The molecule has 0 aliphatic rings. The van der Waals surface area contributed by atoms with Gasteiger partial charge < -0.3 is 10.8 Å². The molecule has 0 aromatic heterocycles. The van der Waals surface area contributed by atoms with Crippen LogP contribution in [0, 0.1) is 5.82 Å². The van der Waals surface area contributed by atoms with Crippen LogP contribution in [0.3, 0.4) is 0 Å². The second-order valence-corrected chi connectivity index (χ2v) is 4.86. The van der Waals surface area contributed by atoms with Crippen LogP contribution in [-0.4, -0.2) is 11.2 Å². The predicted octanol–water partition coefficient (Wildman–Crippen LogP) is 3.50. The summed E-state index contributed by atoms with van der Waals surface area (Å²) >= 11 is 5.71. The standard InChI is InChI=1S/C15H15ClFNO.ClH/c16-12-9-11(6-7-13(12)17)15(18)14(19)8-10-4-2-1-3-5-10;/h1-7,9,14-15,19H,8,18H2;1H/t14-,15+;/m0./s1. The van der Waals surface area contributed by atoms with Crippen LogP contribution in [0.1, 0.15) is 17.2 Å². The number of hydrogen-bond acceptors (Lipinski definition) is 2. The van der Waals surface area contributed by atoms with Crippen molar-refractivity contribution < 1.29 is 9.50 Å². The summed E-state index contributed by atoms with van der Waals surface area (Å²) in [5, 5.41) is 10.1. The Kier molecular flexibility index (Phi) is 6.43. The Bertz CT molecular complexity index is 551. The minimum absolute atomic E-state index is 0. The zero-order valence-electron chi connectivity index (χ0n) is 10.7. The highest BCUT2D eigenvalue weighted by atomic mass is 35.5. The first kappa shape index (κ1) is 16.9. The molecule has 2 aromatic carbocycles. The molecular formula is C15H16Cl2FNO. The molecule has 2 rings (SSSR count). The Labute approximate surface area is 128 Å². The lowest BCUT2D eigenvalue weighted by molar-refractivity contribution is 0.145. The third-order valence-electron chi connectivity index (χ3n) is 3.03. The molecular weight excluding hydrogens is 300 g/mol. The summed E-state index contributed by atoms with van der Waals surface area (Å²) in [6.45, 7) is 0. The van der Waals surface area contributed by atoms with Crippen LogP contribution in [-0.2, 0) is 6.42 Å². The largest absolute Gasteiger partial charge is 0.391 e. The lowest BCUT2D eigenvalue weighted by Gasteiger charge is -2.19. The fourth-order valence-electron chi connectivity index (χ4n) is 1.92. The molecule has 0 heterocycles. The minimum Gasteiger partial charge on any atom is -0.391 e. The maximum Gasteiger partial charge on any atom is 0.141 e. The summed E-state index contributed by atoms with van der Waals surface area (Å²) in [4.78, 5) is 0. The van der Waals surface area contributed by atoms with Gasteiger partial charge in [0.1, 0.15) is 5.82 Å². The van der Waals surface area contributed by atoms with Gasteiger partial charge in [0.25, 0.3) is 0 Å². The van der Waals surface area contributed by atoms with E-state index in [2.05, 4.69) is 0 Å². The van der Waals surface area contributed by atoms with Crippen LogP contribution in [0.25, 0.3) is 0 Å². The van der Waals surface area contributed by atoms with Crippen LogP contribution < -0.4 is 5.73 Å². The Morgan fingerprint density at radius 3 is 2.40 bits per heavy atom. The van der Waals surface area contributed by atoms with E-state index in [4.69, 9.17) is 17.3 Å². The molecule has 0 aliphatic carbocycles. The lowest BCUT2D eigenvalue weighted by atomic mass is 9.97. The van der Waals surface area contributed by atoms with Gasteiger partial charge in [-0.25, -0.2) is 4.39 Å². The first-order valence-electron chi connectivity index (χ1n) is 6.00. The highest BCUT2D eigenvalue weighted by molar-refractivity contribution is 6.30. The maximum absolute atomic E-state index is 13.1. The number of benzene rings is 2. The summed E-state index contributed by atoms with van der Waals surface area (Å²) < 4.78 is 13.1. The topological polar surface area (TPSA) is 46.2 Å². The van der Waals surface area contributed by atoms with Crippen LogP contribution >= 0.6 is 24.0 Å². The average molecular weight is 316 g/mol. The van der Waals surface area contributed by atoms with E-state index in [9.17, 15) is 9.50 Å². The van der Waals surface area contributed by atoms with E-state index >= 15 is 0 Å². The number of aliphatic hydroxyl groups excluding tert-OH is 1. The predicted molar refractivity (Wildman–Crippen MR) is 81.7 cm³/mol. The van der Waals surface area contributed by atoms with E-state index in [-0.39, 0.29) is 17.4 Å². The van der Waals surface area contributed by atoms with Gasteiger partial charge in [-0.3, -0.25) is 0 Å². The van der Waals surface area contributed by atoms with Crippen molar-refractivity contribution in [3.63, 3.8) is 0 Å². The molecule has 0 fully saturated rings. The van der Waals surface area contributed by atoms with Crippen molar-refractivity contribution in [2.45, 2.75) is 18.6 Å². The van der Waals surface area contributed by atoms with E-state index in [0.717, 1.165) is 5.56 Å². The number of halogens is 3. The SMILES string of the molecule is Cl.N[C@H](c1ccc(F)c(Cl)c1)[C@@H](O)Cc1ccccc1. The third-order valence-corrected chi connectivity index (χ3v) is 3.32. The zero-order valence-corrected chi connectivity index (χ0v) is 12.2. The van der Waals surface area contributed by atoms with Gasteiger partial charge >= 0.3 is 0 Å². The van der Waals surface area contributed by atoms with Crippen LogP contribution in [0.4, 0.5) is 4.39 Å². The molecule has 3 N–H and O–H groups in total. The third kappa shape index (κ3) is 4.18. The Morgan fingerprint density at radius 1 is 1.15 bits per heavy atom. The molecule has 0 unspecified atom stereocenters. The van der Waals surface area contributed by atoms with Gasteiger partial charge in [0.05, 0.1) is 17.2 Å². The van der Waals surface area contributed by atoms with Crippen molar-refractivity contribution in [3.05, 3.63) is 70.5 Å². The second kappa shape index (κ2) is 7.60. The Hall–Kier alpha value is -1.13. The summed E-state index contributed by atoms with van der Waals surface area (Å²) in [5.41, 5.74) is 7.59. The molecule has 0 spiro atoms. The molecule has 0 aliphatic heterocycles. The van der Waals surface area contributed by atoms with Crippen LogP contribution in [0.5, 0.6) is 0 Å². The van der Waals surface area contributed by atoms with Gasteiger partial charge in [-0.2, -0.15) is 0 Å². The smallest absolute Gasteiger partial charge is 0.141 e. The summed E-state index contributed by atoms with van der Waals surface area (Å²) in [5.74, 6) is -0.491. The van der Waals surface area contributed by atoms with E-state index < -0.39 is 18.0 Å². The van der Waals surface area contributed by atoms with Gasteiger partial charge in [0, 0.05) is 6.42 Å².